The summed E-state index contributed by atoms with van der Waals surface area (Å²) >= 11 is 0. The zero-order valence-corrected chi connectivity index (χ0v) is 37.1. The fourth-order valence-electron chi connectivity index (χ4n) is 6.28. The topological polar surface area (TPSA) is 92.3 Å². The average molecular weight is 935 g/mol. The van der Waals surface area contributed by atoms with E-state index < -0.39 is 104 Å². The van der Waals surface area contributed by atoms with E-state index in [0.29, 0.717) is 19.3 Å². The Hall–Kier alpha value is -0.659. The van der Waals surface area contributed by atoms with E-state index in [-0.39, 0.29) is 11.8 Å². The SMILES string of the molecule is CO[SiH](CCCC(CCCCCC(F)(F)COCC(F)(F)OC(F)(F)CC(F)(F)COCC(F)(F)OC(F)(F)F)(CCC[SiH](OC)OC)CCC[SiH](OC)OC)OC. The van der Waals surface area contributed by atoms with Crippen LogP contribution in [-0.2, 0) is 45.5 Å². The van der Waals surface area contributed by atoms with Crippen LogP contribution >= 0.6 is 0 Å². The van der Waals surface area contributed by atoms with Gasteiger partial charge in [-0.15, -0.1) is 13.2 Å². The molecule has 350 valence electrons. The molecule has 0 aliphatic heterocycles. The molecule has 0 amide bonds. The van der Waals surface area contributed by atoms with Gasteiger partial charge in [-0.2, -0.15) is 26.3 Å². The van der Waals surface area contributed by atoms with Gasteiger partial charge in [-0.1, -0.05) is 32.1 Å². The molecule has 0 aliphatic carbocycles. The van der Waals surface area contributed by atoms with Crippen molar-refractivity contribution in [3.8, 4) is 0 Å². The minimum atomic E-state index is -5.90. The van der Waals surface area contributed by atoms with E-state index >= 15 is 0 Å². The lowest BCUT2D eigenvalue weighted by Gasteiger charge is -2.36. The predicted octanol–water partition coefficient (Wildman–Crippen LogP) is 8.83. The molecule has 0 radical (unpaired) electrons. The molecular formula is C32H59F13O10Si3. The molecule has 0 N–H and O–H groups in total. The second-order valence-electron chi connectivity index (χ2n) is 13.9. The van der Waals surface area contributed by atoms with Gasteiger partial charge in [0.2, 0.25) is 0 Å². The lowest BCUT2D eigenvalue weighted by Crippen LogP contribution is -2.43. The average Bonchev–Trinajstić information content (AvgIpc) is 3.07. The Morgan fingerprint density at radius 3 is 1.09 bits per heavy atom. The Morgan fingerprint density at radius 1 is 0.362 bits per heavy atom. The van der Waals surface area contributed by atoms with Crippen molar-refractivity contribution < 1.29 is 103 Å². The first-order chi connectivity index (χ1) is 26.7. The molecular weight excluding hydrogens is 876 g/mol. The van der Waals surface area contributed by atoms with Crippen LogP contribution in [0.4, 0.5) is 57.1 Å². The molecule has 0 aromatic rings. The maximum atomic E-state index is 14.6. The van der Waals surface area contributed by atoms with Crippen LogP contribution in [0.5, 0.6) is 0 Å². The van der Waals surface area contributed by atoms with Gasteiger partial charge in [-0.3, -0.25) is 4.74 Å². The third-order valence-electron chi connectivity index (χ3n) is 8.96. The van der Waals surface area contributed by atoms with Gasteiger partial charge in [0.05, 0.1) is 0 Å². The van der Waals surface area contributed by atoms with E-state index in [1.807, 2.05) is 0 Å². The molecule has 26 heteroatoms. The van der Waals surface area contributed by atoms with Crippen LogP contribution in [0.25, 0.3) is 0 Å². The highest BCUT2D eigenvalue weighted by atomic mass is 28.3. The highest BCUT2D eigenvalue weighted by molar-refractivity contribution is 6.44. The number of rotatable bonds is 37. The summed E-state index contributed by atoms with van der Waals surface area (Å²) in [5.74, 6) is -8.56. The first-order valence-corrected chi connectivity index (χ1v) is 23.7. The molecule has 0 rings (SSSR count). The Morgan fingerprint density at radius 2 is 0.707 bits per heavy atom. The Balaban J connectivity index is 5.26. The smallest absolute Gasteiger partial charge is 0.400 e. The summed E-state index contributed by atoms with van der Waals surface area (Å²) in [6, 6.07) is 2.30. The van der Waals surface area contributed by atoms with Crippen LogP contribution in [0.1, 0.15) is 77.0 Å². The van der Waals surface area contributed by atoms with Crippen molar-refractivity contribution in [2.24, 2.45) is 5.41 Å². The predicted molar refractivity (Wildman–Crippen MR) is 190 cm³/mol. The van der Waals surface area contributed by atoms with Crippen molar-refractivity contribution in [3.63, 3.8) is 0 Å². The van der Waals surface area contributed by atoms with Crippen molar-refractivity contribution in [1.29, 1.82) is 0 Å². The van der Waals surface area contributed by atoms with Gasteiger partial charge in [0.1, 0.15) is 32.8 Å². The number of ether oxygens (including phenoxy) is 4. The van der Waals surface area contributed by atoms with Crippen LogP contribution in [0.15, 0.2) is 0 Å². The van der Waals surface area contributed by atoms with Crippen molar-refractivity contribution in [2.45, 2.75) is 132 Å². The van der Waals surface area contributed by atoms with E-state index in [9.17, 15) is 57.1 Å². The first-order valence-electron chi connectivity index (χ1n) is 18.4. The quantitative estimate of drug-likeness (QED) is 0.0342. The molecule has 0 aromatic carbocycles. The fourth-order valence-corrected chi connectivity index (χ4v) is 9.89. The summed E-state index contributed by atoms with van der Waals surface area (Å²) in [7, 11) is 4.09. The number of hydrogen-bond donors (Lipinski definition) is 0. The maximum Gasteiger partial charge on any atom is 0.527 e. The van der Waals surface area contributed by atoms with Gasteiger partial charge >= 0.3 is 52.5 Å². The second-order valence-corrected chi connectivity index (χ2v) is 21.0. The number of unbranched alkanes of at least 4 members (excludes halogenated alkanes) is 2. The van der Waals surface area contributed by atoms with Gasteiger partial charge in [0.15, 0.2) is 0 Å². The van der Waals surface area contributed by atoms with Crippen molar-refractivity contribution in [1.82, 2.24) is 0 Å². The minimum Gasteiger partial charge on any atom is -0.400 e. The van der Waals surface area contributed by atoms with Crippen LogP contribution in [0.3, 0.4) is 0 Å². The highest BCUT2D eigenvalue weighted by Gasteiger charge is 2.52. The summed E-state index contributed by atoms with van der Waals surface area (Å²) < 4.78 is 220. The van der Waals surface area contributed by atoms with Crippen LogP contribution in [0.2, 0.25) is 18.1 Å². The van der Waals surface area contributed by atoms with Crippen LogP contribution in [-0.4, -0.2) is 133 Å². The summed E-state index contributed by atoms with van der Waals surface area (Å²) in [5, 5.41) is 0. The summed E-state index contributed by atoms with van der Waals surface area (Å²) in [4.78, 5) is 0. The first kappa shape index (κ1) is 57.3. The lowest BCUT2D eigenvalue weighted by molar-refractivity contribution is -0.432. The highest BCUT2D eigenvalue weighted by Crippen LogP contribution is 2.43. The molecule has 58 heavy (non-hydrogen) atoms. The number of halogens is 13. The molecule has 0 bridgehead atoms. The lowest BCUT2D eigenvalue weighted by atomic mass is 9.72. The van der Waals surface area contributed by atoms with Crippen LogP contribution < -0.4 is 0 Å². The molecule has 0 aromatic heterocycles. The molecule has 0 aliphatic rings. The van der Waals surface area contributed by atoms with Gasteiger partial charge in [-0.05, 0) is 55.7 Å². The molecule has 0 saturated heterocycles. The van der Waals surface area contributed by atoms with Crippen molar-refractivity contribution >= 4 is 27.9 Å². The molecule has 0 heterocycles. The van der Waals surface area contributed by atoms with E-state index in [1.165, 1.54) is 0 Å². The summed E-state index contributed by atoms with van der Waals surface area (Å²) in [6.45, 7) is -8.64. The standard InChI is InChI=1S/C32H59F13O10Si3/c1-46-56(47-2)18-10-14-26(15-11-19-57(48-3)49-4,16-12-20-58(50-5)51-6)13-8-7-9-17-27(33,34)22-52-24-30(39,40)54-29(37,38)21-28(35,36)23-53-25-31(41,42)55-32(43,44)45/h56-58H,7-25H2,1-6H3. The summed E-state index contributed by atoms with van der Waals surface area (Å²) in [5.41, 5.74) is -0.169. The Labute approximate surface area is 336 Å². The fraction of sp³-hybridized carbons (Fsp3) is 1.00. The molecule has 0 unspecified atom stereocenters. The monoisotopic (exact) mass is 934 g/mol. The third kappa shape index (κ3) is 28.0. The normalized spacial score (nSPS) is 14.2. The summed E-state index contributed by atoms with van der Waals surface area (Å²) in [6.07, 6.45) is -18.8. The molecule has 0 fully saturated rings. The molecule has 0 spiro atoms. The number of alkyl halides is 13. The van der Waals surface area contributed by atoms with E-state index in [1.54, 1.807) is 42.7 Å². The van der Waals surface area contributed by atoms with Gasteiger partial charge in [0.25, 0.3) is 11.8 Å². The van der Waals surface area contributed by atoms with E-state index in [2.05, 4.69) is 18.9 Å². The molecule has 0 saturated carbocycles. The van der Waals surface area contributed by atoms with Gasteiger partial charge in [-0.25, -0.2) is 22.3 Å². The van der Waals surface area contributed by atoms with Gasteiger partial charge < -0.3 is 36.0 Å². The van der Waals surface area contributed by atoms with Crippen LogP contribution in [0, 0.1) is 5.41 Å². The second kappa shape index (κ2) is 27.4. The maximum absolute atomic E-state index is 14.6. The third-order valence-corrected chi connectivity index (χ3v) is 14.8. The zero-order chi connectivity index (χ0) is 44.7. The Bertz CT molecular complexity index is 1020. The number of hydrogen-bond acceptors (Lipinski definition) is 10. The Kier molecular flexibility index (Phi) is 27.1. The van der Waals surface area contributed by atoms with Gasteiger partial charge in [0, 0.05) is 49.1 Å². The van der Waals surface area contributed by atoms with E-state index in [4.69, 9.17) is 26.6 Å². The van der Waals surface area contributed by atoms with E-state index in [0.717, 1.165) is 56.7 Å². The largest absolute Gasteiger partial charge is 0.527 e. The van der Waals surface area contributed by atoms with Crippen molar-refractivity contribution in [2.75, 3.05) is 69.1 Å². The minimum absolute atomic E-state index is 0.0458. The molecule has 0 atom stereocenters. The van der Waals surface area contributed by atoms with Crippen molar-refractivity contribution in [3.05, 3.63) is 0 Å². The zero-order valence-electron chi connectivity index (χ0n) is 33.7. The molecule has 10 nitrogen and oxygen atoms in total.